The Labute approximate surface area is 65.8 Å². The normalized spacial score (nSPS) is 31.4. The van der Waals surface area contributed by atoms with E-state index in [9.17, 15) is 4.79 Å². The lowest BCUT2D eigenvalue weighted by Gasteiger charge is -2.22. The highest BCUT2D eigenvalue weighted by Crippen LogP contribution is 2.19. The fourth-order valence-corrected chi connectivity index (χ4v) is 1.25. The van der Waals surface area contributed by atoms with Crippen LogP contribution in [0.1, 0.15) is 20.8 Å². The Balaban J connectivity index is 2.71. The van der Waals surface area contributed by atoms with Gasteiger partial charge in [0, 0.05) is 6.04 Å². The third-order valence-electron chi connectivity index (χ3n) is 1.84. The van der Waals surface area contributed by atoms with Gasteiger partial charge in [-0.1, -0.05) is 0 Å². The second kappa shape index (κ2) is 2.70. The number of hydrogen-bond donors (Lipinski definition) is 1. The first-order valence-corrected chi connectivity index (χ1v) is 3.71. The number of cyclic esters (lactones) is 1. The number of nitrogens with zero attached hydrogens (tertiary/aromatic N) is 1. The molecular formula is C7H13NO3. The number of rotatable bonds is 1. The number of carbonyl (C=O) groups is 1. The predicted octanol–water partition coefficient (Wildman–Crippen LogP) is 0.554. The van der Waals surface area contributed by atoms with E-state index in [0.717, 1.165) is 0 Å². The third-order valence-corrected chi connectivity index (χ3v) is 1.84. The van der Waals surface area contributed by atoms with Gasteiger partial charge in [-0.05, 0) is 20.8 Å². The molecule has 0 bridgehead atoms. The van der Waals surface area contributed by atoms with E-state index in [1.54, 1.807) is 6.92 Å². The molecule has 0 radical (unpaired) electrons. The number of hydrogen-bond acceptors (Lipinski definition) is 3. The molecule has 0 aromatic rings. The largest absolute Gasteiger partial charge is 0.417 e. The lowest BCUT2D eigenvalue weighted by atomic mass is 10.2. The molecule has 64 valence electrons. The summed E-state index contributed by atoms with van der Waals surface area (Å²) in [5.74, 6) is 0. The zero-order valence-electron chi connectivity index (χ0n) is 6.94. The van der Waals surface area contributed by atoms with Crippen LogP contribution < -0.4 is 0 Å². The summed E-state index contributed by atoms with van der Waals surface area (Å²) in [4.78, 5) is 12.5. The van der Waals surface area contributed by atoms with E-state index >= 15 is 0 Å². The molecule has 11 heavy (non-hydrogen) atoms. The van der Waals surface area contributed by atoms with Crippen molar-refractivity contribution >= 4 is 6.09 Å². The van der Waals surface area contributed by atoms with Gasteiger partial charge in [0.15, 0.2) is 0 Å². The first kappa shape index (κ1) is 8.33. The van der Waals surface area contributed by atoms with Crippen LogP contribution in [-0.2, 0) is 4.74 Å². The van der Waals surface area contributed by atoms with Crippen molar-refractivity contribution in [3.05, 3.63) is 0 Å². The molecule has 1 heterocycles. The molecule has 0 aliphatic carbocycles. The average Bonchev–Trinajstić information content (AvgIpc) is 2.07. The van der Waals surface area contributed by atoms with Gasteiger partial charge in [0.25, 0.3) is 0 Å². The number of amides is 1. The Bertz CT molecular complexity index is 169. The van der Waals surface area contributed by atoms with Crippen LogP contribution in [-0.4, -0.2) is 34.5 Å². The quantitative estimate of drug-likeness (QED) is 0.608. The lowest BCUT2D eigenvalue weighted by Crippen LogP contribution is -2.39. The maximum atomic E-state index is 11.0. The average molecular weight is 159 g/mol. The molecular weight excluding hydrogens is 146 g/mol. The molecule has 1 aliphatic rings. The van der Waals surface area contributed by atoms with Crippen LogP contribution >= 0.6 is 0 Å². The van der Waals surface area contributed by atoms with Crippen LogP contribution in [0.2, 0.25) is 0 Å². The van der Waals surface area contributed by atoms with Gasteiger partial charge in [-0.3, -0.25) is 4.90 Å². The number of ether oxygens (including phenoxy) is 1. The predicted molar refractivity (Wildman–Crippen MR) is 38.9 cm³/mol. The Morgan fingerprint density at radius 2 is 2.18 bits per heavy atom. The van der Waals surface area contributed by atoms with E-state index in [1.807, 2.05) is 13.8 Å². The fraction of sp³-hybridized carbons (Fsp3) is 0.857. The van der Waals surface area contributed by atoms with E-state index in [4.69, 9.17) is 5.11 Å². The maximum Gasteiger partial charge on any atom is 0.412 e. The minimum absolute atomic E-state index is 0.0784. The van der Waals surface area contributed by atoms with Crippen molar-refractivity contribution in [1.82, 2.24) is 4.90 Å². The standard InChI is InChI=1S/C7H13NO3/c1-4(2)8-5(3)6(9)11-7(8)10/h4-6,9H,1-3H3/t5-,6?/m0/s1. The highest BCUT2D eigenvalue weighted by atomic mass is 16.7. The number of aliphatic hydroxyl groups excluding tert-OH is 1. The van der Waals surface area contributed by atoms with Crippen molar-refractivity contribution in [3.8, 4) is 0 Å². The molecule has 0 aromatic heterocycles. The Morgan fingerprint density at radius 3 is 2.36 bits per heavy atom. The summed E-state index contributed by atoms with van der Waals surface area (Å²) in [6.45, 7) is 5.53. The molecule has 1 unspecified atom stereocenters. The van der Waals surface area contributed by atoms with Crippen LogP contribution in [0, 0.1) is 0 Å². The second-order valence-electron chi connectivity index (χ2n) is 3.02. The van der Waals surface area contributed by atoms with Crippen molar-refractivity contribution in [2.45, 2.75) is 39.1 Å². The first-order chi connectivity index (χ1) is 5.04. The monoisotopic (exact) mass is 159 g/mol. The van der Waals surface area contributed by atoms with Crippen LogP contribution in [0.4, 0.5) is 4.79 Å². The first-order valence-electron chi connectivity index (χ1n) is 3.71. The highest BCUT2D eigenvalue weighted by molar-refractivity contribution is 5.70. The Kier molecular flexibility index (Phi) is 2.04. The molecule has 1 fully saturated rings. The summed E-state index contributed by atoms with van der Waals surface area (Å²) in [5.41, 5.74) is 0. The van der Waals surface area contributed by atoms with Crippen molar-refractivity contribution in [2.75, 3.05) is 0 Å². The smallest absolute Gasteiger partial charge is 0.412 e. The summed E-state index contributed by atoms with van der Waals surface area (Å²) in [7, 11) is 0. The lowest BCUT2D eigenvalue weighted by molar-refractivity contribution is -0.0351. The van der Waals surface area contributed by atoms with Gasteiger partial charge >= 0.3 is 6.09 Å². The van der Waals surface area contributed by atoms with E-state index in [-0.39, 0.29) is 12.1 Å². The molecule has 0 saturated carbocycles. The van der Waals surface area contributed by atoms with Crippen molar-refractivity contribution in [3.63, 3.8) is 0 Å². The Morgan fingerprint density at radius 1 is 1.64 bits per heavy atom. The van der Waals surface area contributed by atoms with Gasteiger partial charge in [-0.2, -0.15) is 0 Å². The molecule has 0 spiro atoms. The summed E-state index contributed by atoms with van der Waals surface area (Å²) in [6, 6.07) is -0.155. The number of aliphatic hydroxyl groups is 1. The minimum atomic E-state index is -0.968. The molecule has 1 saturated heterocycles. The van der Waals surface area contributed by atoms with Crippen LogP contribution in [0.5, 0.6) is 0 Å². The Hall–Kier alpha value is -0.770. The van der Waals surface area contributed by atoms with Gasteiger partial charge in [-0.15, -0.1) is 0 Å². The summed E-state index contributed by atoms with van der Waals surface area (Å²) >= 11 is 0. The zero-order valence-corrected chi connectivity index (χ0v) is 6.94. The maximum absolute atomic E-state index is 11.0. The van der Waals surface area contributed by atoms with E-state index in [2.05, 4.69) is 4.74 Å². The van der Waals surface area contributed by atoms with Crippen LogP contribution in [0.25, 0.3) is 0 Å². The molecule has 2 atom stereocenters. The van der Waals surface area contributed by atoms with Gasteiger partial charge in [-0.25, -0.2) is 4.79 Å². The van der Waals surface area contributed by atoms with Crippen molar-refractivity contribution < 1.29 is 14.6 Å². The molecule has 1 N–H and O–H groups in total. The van der Waals surface area contributed by atoms with E-state index < -0.39 is 12.4 Å². The van der Waals surface area contributed by atoms with Gasteiger partial charge in [0.05, 0.1) is 6.04 Å². The third kappa shape index (κ3) is 1.30. The minimum Gasteiger partial charge on any atom is -0.417 e. The molecule has 4 nitrogen and oxygen atoms in total. The molecule has 1 aliphatic heterocycles. The molecule has 1 rings (SSSR count). The molecule has 1 amide bonds. The van der Waals surface area contributed by atoms with Gasteiger partial charge in [0.2, 0.25) is 6.29 Å². The summed E-state index contributed by atoms with van der Waals surface area (Å²) in [5, 5.41) is 9.10. The van der Waals surface area contributed by atoms with E-state index in [0.29, 0.717) is 0 Å². The number of carbonyl (C=O) groups excluding carboxylic acids is 1. The SMILES string of the molecule is CC(C)N1C(=O)OC(O)[C@@H]1C. The van der Waals surface area contributed by atoms with E-state index in [1.165, 1.54) is 4.90 Å². The van der Waals surface area contributed by atoms with Crippen molar-refractivity contribution in [2.24, 2.45) is 0 Å². The topological polar surface area (TPSA) is 49.8 Å². The van der Waals surface area contributed by atoms with Gasteiger partial charge < -0.3 is 9.84 Å². The van der Waals surface area contributed by atoms with Crippen LogP contribution in [0.3, 0.4) is 0 Å². The van der Waals surface area contributed by atoms with Crippen molar-refractivity contribution in [1.29, 1.82) is 0 Å². The highest BCUT2D eigenvalue weighted by Gasteiger charge is 2.38. The molecule has 4 heteroatoms. The fourth-order valence-electron chi connectivity index (χ4n) is 1.25. The second-order valence-corrected chi connectivity index (χ2v) is 3.02. The summed E-state index contributed by atoms with van der Waals surface area (Å²) < 4.78 is 4.59. The zero-order chi connectivity index (χ0) is 8.59. The van der Waals surface area contributed by atoms with Gasteiger partial charge in [0.1, 0.15) is 0 Å². The molecule has 0 aromatic carbocycles. The van der Waals surface area contributed by atoms with Crippen LogP contribution in [0.15, 0.2) is 0 Å². The summed E-state index contributed by atoms with van der Waals surface area (Å²) in [6.07, 6.45) is -1.40.